The standard InChI is InChI=1S/C24H26ClN7O/c1-15-10-17(12-18(25)11-15)14-31-20-4-5-23-28-27-16(2)32(23)22(20)13-21(31)19-6-8-30(29-19)9-7-24(33)26-3/h4-6,8,10,12-13,15H,7,9,11,14H2,1-3H3,(H,26,33). The number of nitrogens with zero attached hydrogens (tertiary/aromatic N) is 6. The van der Waals surface area contributed by atoms with Crippen molar-refractivity contribution >= 4 is 34.2 Å². The summed E-state index contributed by atoms with van der Waals surface area (Å²) in [5, 5.41) is 16.8. The van der Waals surface area contributed by atoms with Crippen molar-refractivity contribution in [3.63, 3.8) is 0 Å². The molecule has 0 saturated heterocycles. The van der Waals surface area contributed by atoms with Crippen LogP contribution in [-0.4, -0.2) is 41.9 Å². The molecule has 1 aliphatic rings. The Morgan fingerprint density at radius 1 is 1.24 bits per heavy atom. The number of amides is 1. The van der Waals surface area contributed by atoms with Crippen LogP contribution >= 0.6 is 11.6 Å². The quantitative estimate of drug-likeness (QED) is 0.467. The van der Waals surface area contributed by atoms with Gasteiger partial charge in [-0.15, -0.1) is 10.2 Å². The highest BCUT2D eigenvalue weighted by Gasteiger charge is 2.19. The lowest BCUT2D eigenvalue weighted by Crippen LogP contribution is -2.19. The summed E-state index contributed by atoms with van der Waals surface area (Å²) in [5.41, 5.74) is 5.94. The summed E-state index contributed by atoms with van der Waals surface area (Å²) in [5.74, 6) is 1.23. The molecule has 0 saturated carbocycles. The predicted octanol–water partition coefficient (Wildman–Crippen LogP) is 4.08. The van der Waals surface area contributed by atoms with Crippen molar-refractivity contribution in [1.29, 1.82) is 0 Å². The minimum Gasteiger partial charge on any atom is -0.359 e. The lowest BCUT2D eigenvalue weighted by atomic mass is 9.97. The van der Waals surface area contributed by atoms with Gasteiger partial charge in [0.05, 0.1) is 16.7 Å². The van der Waals surface area contributed by atoms with E-state index in [1.807, 2.05) is 29.9 Å². The van der Waals surface area contributed by atoms with E-state index >= 15 is 0 Å². The van der Waals surface area contributed by atoms with Crippen LogP contribution in [0.3, 0.4) is 0 Å². The van der Waals surface area contributed by atoms with E-state index in [0.717, 1.165) is 45.3 Å². The second kappa shape index (κ2) is 8.51. The Kier molecular flexibility index (Phi) is 5.54. The van der Waals surface area contributed by atoms with Gasteiger partial charge in [0.25, 0.3) is 0 Å². The third kappa shape index (κ3) is 4.06. The topological polar surface area (TPSA) is 82.0 Å². The molecule has 1 unspecified atom stereocenters. The van der Waals surface area contributed by atoms with E-state index in [1.54, 1.807) is 7.05 Å². The number of hydrogen-bond acceptors (Lipinski definition) is 4. The van der Waals surface area contributed by atoms with Crippen LogP contribution in [0.25, 0.3) is 28.1 Å². The number of hydrogen-bond donors (Lipinski definition) is 1. The second-order valence-electron chi connectivity index (χ2n) is 8.56. The zero-order valence-electron chi connectivity index (χ0n) is 18.9. The predicted molar refractivity (Wildman–Crippen MR) is 129 cm³/mol. The highest BCUT2D eigenvalue weighted by atomic mass is 35.5. The number of carbonyl (C=O) groups is 1. The molecule has 33 heavy (non-hydrogen) atoms. The minimum atomic E-state index is -0.00587. The molecule has 5 rings (SSSR count). The zero-order chi connectivity index (χ0) is 23.1. The Balaban J connectivity index is 1.62. The van der Waals surface area contributed by atoms with Crippen molar-refractivity contribution in [2.24, 2.45) is 5.92 Å². The van der Waals surface area contributed by atoms with Crippen molar-refractivity contribution in [3.8, 4) is 11.4 Å². The third-order valence-electron chi connectivity index (χ3n) is 6.05. The van der Waals surface area contributed by atoms with Crippen LogP contribution < -0.4 is 5.32 Å². The number of pyridine rings is 1. The van der Waals surface area contributed by atoms with Crippen LogP contribution in [0.2, 0.25) is 0 Å². The molecule has 4 aromatic rings. The van der Waals surface area contributed by atoms with Crippen LogP contribution in [0.5, 0.6) is 0 Å². The molecule has 0 radical (unpaired) electrons. The number of aryl methyl sites for hydroxylation is 2. The SMILES string of the molecule is CNC(=O)CCn1ccc(-c2cc3c(ccc4nnc(C)n43)n2CC2=CC(C)CC(Cl)=C2)n1. The molecule has 0 aliphatic heterocycles. The van der Waals surface area contributed by atoms with Crippen molar-refractivity contribution in [2.45, 2.75) is 39.8 Å². The number of aromatic nitrogens is 6. The average Bonchev–Trinajstić information content (AvgIpc) is 3.49. The fourth-order valence-corrected chi connectivity index (χ4v) is 4.89. The molecule has 1 atom stereocenters. The van der Waals surface area contributed by atoms with E-state index in [-0.39, 0.29) is 5.91 Å². The third-order valence-corrected chi connectivity index (χ3v) is 6.31. The van der Waals surface area contributed by atoms with E-state index in [2.05, 4.69) is 55.7 Å². The summed E-state index contributed by atoms with van der Waals surface area (Å²) >= 11 is 6.42. The fourth-order valence-electron chi connectivity index (χ4n) is 4.51. The molecule has 1 N–H and O–H groups in total. The summed E-state index contributed by atoms with van der Waals surface area (Å²) < 4.78 is 6.15. The normalized spacial score (nSPS) is 16.3. The van der Waals surface area contributed by atoms with E-state index < -0.39 is 0 Å². The number of nitrogens with one attached hydrogen (secondary N) is 1. The second-order valence-corrected chi connectivity index (χ2v) is 9.05. The Morgan fingerprint density at radius 3 is 2.88 bits per heavy atom. The Labute approximate surface area is 196 Å². The van der Waals surface area contributed by atoms with E-state index in [0.29, 0.717) is 25.4 Å². The maximum atomic E-state index is 11.6. The maximum absolute atomic E-state index is 11.6. The molecule has 8 nitrogen and oxygen atoms in total. The summed E-state index contributed by atoms with van der Waals surface area (Å²) in [6.07, 6.45) is 7.53. The molecular formula is C24H26ClN7O. The molecule has 0 spiro atoms. The number of rotatable bonds is 6. The lowest BCUT2D eigenvalue weighted by molar-refractivity contribution is -0.120. The minimum absolute atomic E-state index is 0.00587. The van der Waals surface area contributed by atoms with Gasteiger partial charge in [-0.2, -0.15) is 5.10 Å². The van der Waals surface area contributed by atoms with Gasteiger partial charge in [-0.25, -0.2) is 0 Å². The van der Waals surface area contributed by atoms with Crippen molar-refractivity contribution in [1.82, 2.24) is 34.3 Å². The van der Waals surface area contributed by atoms with Crippen molar-refractivity contribution in [3.05, 3.63) is 59.0 Å². The highest BCUT2D eigenvalue weighted by Crippen LogP contribution is 2.32. The molecule has 170 valence electrons. The van der Waals surface area contributed by atoms with E-state index in [4.69, 9.17) is 16.7 Å². The first-order valence-electron chi connectivity index (χ1n) is 11.1. The molecule has 1 amide bonds. The molecule has 9 heteroatoms. The maximum Gasteiger partial charge on any atom is 0.221 e. The zero-order valence-corrected chi connectivity index (χ0v) is 19.7. The van der Waals surface area contributed by atoms with Gasteiger partial charge in [-0.05, 0) is 55.2 Å². The smallest absolute Gasteiger partial charge is 0.221 e. The molecule has 4 heterocycles. The largest absolute Gasteiger partial charge is 0.359 e. The van der Waals surface area contributed by atoms with Crippen LogP contribution in [0.4, 0.5) is 0 Å². The monoisotopic (exact) mass is 463 g/mol. The molecule has 0 bridgehead atoms. The van der Waals surface area contributed by atoms with Gasteiger partial charge < -0.3 is 9.88 Å². The van der Waals surface area contributed by atoms with Gasteiger partial charge >= 0.3 is 0 Å². The Bertz CT molecular complexity index is 1420. The number of carbonyl (C=O) groups excluding carboxylic acids is 1. The van der Waals surface area contributed by atoms with Gasteiger partial charge in [0, 0.05) is 37.8 Å². The first-order chi connectivity index (χ1) is 15.9. The van der Waals surface area contributed by atoms with Gasteiger partial charge in [-0.3, -0.25) is 13.9 Å². The molecule has 0 fully saturated rings. The average molecular weight is 464 g/mol. The first kappa shape index (κ1) is 21.5. The number of allylic oxidation sites excluding steroid dienone is 4. The van der Waals surface area contributed by atoms with Crippen LogP contribution in [0.15, 0.2) is 53.2 Å². The fraction of sp³-hybridized carbons (Fsp3) is 0.333. The van der Waals surface area contributed by atoms with Crippen molar-refractivity contribution in [2.75, 3.05) is 7.05 Å². The molecule has 1 aliphatic carbocycles. The van der Waals surface area contributed by atoms with Crippen molar-refractivity contribution < 1.29 is 4.79 Å². The molecule has 0 aromatic carbocycles. The van der Waals surface area contributed by atoms with Gasteiger partial charge in [-0.1, -0.05) is 24.6 Å². The van der Waals surface area contributed by atoms with Gasteiger partial charge in [0.15, 0.2) is 5.65 Å². The summed E-state index contributed by atoms with van der Waals surface area (Å²) in [6, 6.07) is 8.21. The highest BCUT2D eigenvalue weighted by molar-refractivity contribution is 6.29. The summed E-state index contributed by atoms with van der Waals surface area (Å²) in [4.78, 5) is 11.6. The Hall–Kier alpha value is -3.39. The van der Waals surface area contributed by atoms with Crippen LogP contribution in [0.1, 0.15) is 25.6 Å². The summed E-state index contributed by atoms with van der Waals surface area (Å²) in [6.45, 7) is 5.34. The number of halogens is 1. The number of fused-ring (bicyclic) bond motifs is 3. The molecular weight excluding hydrogens is 438 g/mol. The van der Waals surface area contributed by atoms with Crippen LogP contribution in [0, 0.1) is 12.8 Å². The van der Waals surface area contributed by atoms with Gasteiger partial charge in [0.1, 0.15) is 11.5 Å². The van der Waals surface area contributed by atoms with E-state index in [9.17, 15) is 4.79 Å². The lowest BCUT2D eigenvalue weighted by Gasteiger charge is -2.17. The summed E-state index contributed by atoms with van der Waals surface area (Å²) in [7, 11) is 1.64. The van der Waals surface area contributed by atoms with Crippen LogP contribution in [-0.2, 0) is 17.9 Å². The first-order valence-corrected chi connectivity index (χ1v) is 11.5. The molecule has 4 aromatic heterocycles. The Morgan fingerprint density at radius 2 is 2.09 bits per heavy atom. The van der Waals surface area contributed by atoms with Gasteiger partial charge in [0.2, 0.25) is 5.91 Å². The van der Waals surface area contributed by atoms with E-state index in [1.165, 1.54) is 5.57 Å².